The first-order valence-corrected chi connectivity index (χ1v) is 12.2. The molecule has 1 fully saturated rings. The lowest BCUT2D eigenvalue weighted by atomic mass is 9.73. The van der Waals surface area contributed by atoms with E-state index in [2.05, 4.69) is 36.2 Å². The number of likely N-dealkylation sites (N-methyl/N-ethyl adjacent to an activating group) is 1. The summed E-state index contributed by atoms with van der Waals surface area (Å²) in [6, 6.07) is 10.1. The molecule has 7 heteroatoms. The Kier molecular flexibility index (Phi) is 7.05. The third-order valence-corrected chi connectivity index (χ3v) is 7.26. The number of ether oxygens (including phenoxy) is 1. The SMILES string of the molecule is CC(C)c1cc(C(=O)N2CCC3(CCCCc4ccccc4OCCN(C)C3=O)CC2)n[nH]1. The number of likely N-dealkylation sites (tertiary alicyclic amines) is 1. The van der Waals surface area contributed by atoms with Crippen LogP contribution in [-0.2, 0) is 11.2 Å². The van der Waals surface area contributed by atoms with E-state index in [1.807, 2.05) is 35.0 Å². The Morgan fingerprint density at radius 2 is 1.88 bits per heavy atom. The number of nitrogens with zero attached hydrogens (tertiary/aromatic N) is 3. The molecule has 0 atom stereocenters. The van der Waals surface area contributed by atoms with Crippen molar-refractivity contribution in [2.75, 3.05) is 33.3 Å². The predicted molar refractivity (Wildman–Crippen MR) is 127 cm³/mol. The second-order valence-electron chi connectivity index (χ2n) is 9.83. The van der Waals surface area contributed by atoms with E-state index >= 15 is 0 Å². The van der Waals surface area contributed by atoms with Crippen LogP contribution in [0.25, 0.3) is 0 Å². The fourth-order valence-electron chi connectivity index (χ4n) is 5.04. The minimum Gasteiger partial charge on any atom is -0.491 e. The Morgan fingerprint density at radius 3 is 2.61 bits per heavy atom. The lowest BCUT2D eigenvalue weighted by Gasteiger charge is -2.42. The van der Waals surface area contributed by atoms with Crippen molar-refractivity contribution in [1.29, 1.82) is 0 Å². The summed E-state index contributed by atoms with van der Waals surface area (Å²) in [7, 11) is 1.87. The fraction of sp³-hybridized carbons (Fsp3) is 0.577. The van der Waals surface area contributed by atoms with E-state index in [1.165, 1.54) is 5.56 Å². The molecule has 0 saturated carbocycles. The first kappa shape index (κ1) is 23.3. The smallest absolute Gasteiger partial charge is 0.274 e. The molecule has 2 amide bonds. The molecule has 2 aromatic rings. The van der Waals surface area contributed by atoms with E-state index in [9.17, 15) is 9.59 Å². The van der Waals surface area contributed by atoms with E-state index in [0.717, 1.165) is 37.1 Å². The number of aryl methyl sites for hydroxylation is 1. The molecule has 4 rings (SSSR count). The maximum atomic E-state index is 13.6. The number of rotatable bonds is 2. The lowest BCUT2D eigenvalue weighted by molar-refractivity contribution is -0.144. The molecule has 1 saturated heterocycles. The standard InChI is InChI=1S/C26H36N4O3/c1-19(2)21-18-22(28-27-21)24(31)30-14-12-26(13-15-30)11-7-6-9-20-8-4-5-10-23(20)33-17-16-29(3)25(26)32/h4-5,8,10,18-19H,6-7,9,11-17H2,1-3H3,(H,27,28). The van der Waals surface area contributed by atoms with Crippen molar-refractivity contribution in [3.63, 3.8) is 0 Å². The molecule has 1 N–H and O–H groups in total. The van der Waals surface area contributed by atoms with Crippen LogP contribution in [0.2, 0.25) is 0 Å². The van der Waals surface area contributed by atoms with E-state index in [4.69, 9.17) is 4.74 Å². The zero-order valence-electron chi connectivity index (χ0n) is 20.1. The number of aromatic amines is 1. The molecule has 1 aromatic carbocycles. The molecule has 2 aliphatic rings. The molecular formula is C26H36N4O3. The Bertz CT molecular complexity index is 975. The van der Waals surface area contributed by atoms with Crippen LogP contribution < -0.4 is 4.74 Å². The van der Waals surface area contributed by atoms with Gasteiger partial charge >= 0.3 is 0 Å². The Hall–Kier alpha value is -2.83. The van der Waals surface area contributed by atoms with Gasteiger partial charge in [-0.05, 0) is 55.7 Å². The van der Waals surface area contributed by atoms with Crippen molar-refractivity contribution in [1.82, 2.24) is 20.0 Å². The first-order valence-electron chi connectivity index (χ1n) is 12.2. The Labute approximate surface area is 196 Å². The highest BCUT2D eigenvalue weighted by molar-refractivity contribution is 5.92. The highest BCUT2D eigenvalue weighted by Crippen LogP contribution is 2.39. The number of para-hydroxylation sites is 1. The van der Waals surface area contributed by atoms with Crippen LogP contribution in [0.1, 0.15) is 73.6 Å². The summed E-state index contributed by atoms with van der Waals surface area (Å²) in [5, 5.41) is 7.20. The zero-order valence-corrected chi connectivity index (χ0v) is 20.1. The number of H-pyrrole nitrogens is 1. The molecule has 1 aromatic heterocycles. The summed E-state index contributed by atoms with van der Waals surface area (Å²) in [5.41, 5.74) is 2.26. The number of hydrogen-bond donors (Lipinski definition) is 1. The van der Waals surface area contributed by atoms with Crippen LogP contribution in [-0.4, -0.2) is 65.1 Å². The number of aromatic nitrogens is 2. The van der Waals surface area contributed by atoms with Gasteiger partial charge in [0.25, 0.3) is 5.91 Å². The molecule has 2 aliphatic heterocycles. The normalized spacial score (nSPS) is 19.6. The molecule has 3 heterocycles. The van der Waals surface area contributed by atoms with E-state index in [0.29, 0.717) is 50.7 Å². The summed E-state index contributed by atoms with van der Waals surface area (Å²) < 4.78 is 6.01. The number of carbonyl (C=O) groups excluding carboxylic acids is 2. The van der Waals surface area contributed by atoms with Gasteiger partial charge in [-0.2, -0.15) is 5.10 Å². The first-order chi connectivity index (χ1) is 15.9. The van der Waals surface area contributed by atoms with Crippen LogP contribution in [0.5, 0.6) is 5.75 Å². The fourth-order valence-corrected chi connectivity index (χ4v) is 5.04. The van der Waals surface area contributed by atoms with Gasteiger partial charge in [0.1, 0.15) is 18.1 Å². The van der Waals surface area contributed by atoms with Gasteiger partial charge in [-0.3, -0.25) is 14.7 Å². The van der Waals surface area contributed by atoms with E-state index < -0.39 is 5.41 Å². The second-order valence-corrected chi connectivity index (χ2v) is 9.83. The van der Waals surface area contributed by atoms with Crippen molar-refractivity contribution in [2.45, 2.75) is 58.3 Å². The number of hydrogen-bond acceptors (Lipinski definition) is 4. The van der Waals surface area contributed by atoms with Gasteiger partial charge in [0.05, 0.1) is 12.0 Å². The molecule has 0 aliphatic carbocycles. The average Bonchev–Trinajstić information content (AvgIpc) is 3.32. The molecule has 7 nitrogen and oxygen atoms in total. The summed E-state index contributed by atoms with van der Waals surface area (Å²) >= 11 is 0. The second kappa shape index (κ2) is 9.98. The number of benzene rings is 1. The number of nitrogens with one attached hydrogen (secondary N) is 1. The number of amides is 2. The van der Waals surface area contributed by atoms with Crippen molar-refractivity contribution >= 4 is 11.8 Å². The molecule has 1 spiro atoms. The Balaban J connectivity index is 1.44. The molecular weight excluding hydrogens is 416 g/mol. The van der Waals surface area contributed by atoms with Crippen molar-refractivity contribution in [3.05, 3.63) is 47.3 Å². The average molecular weight is 453 g/mol. The van der Waals surface area contributed by atoms with Gasteiger partial charge in [-0.1, -0.05) is 38.5 Å². The van der Waals surface area contributed by atoms with Crippen LogP contribution in [0.3, 0.4) is 0 Å². The number of fused-ring (bicyclic) bond motifs is 1. The Morgan fingerprint density at radius 1 is 1.12 bits per heavy atom. The maximum Gasteiger partial charge on any atom is 0.274 e. The number of piperidine rings is 1. The topological polar surface area (TPSA) is 78.5 Å². The molecule has 33 heavy (non-hydrogen) atoms. The largest absolute Gasteiger partial charge is 0.491 e. The molecule has 0 bridgehead atoms. The monoisotopic (exact) mass is 452 g/mol. The molecule has 0 unspecified atom stereocenters. The van der Waals surface area contributed by atoms with Gasteiger partial charge in [-0.25, -0.2) is 0 Å². The van der Waals surface area contributed by atoms with Crippen LogP contribution in [0.15, 0.2) is 30.3 Å². The minimum atomic E-state index is -0.404. The third-order valence-electron chi connectivity index (χ3n) is 7.26. The van der Waals surface area contributed by atoms with Crippen molar-refractivity contribution in [3.8, 4) is 5.75 Å². The van der Waals surface area contributed by atoms with Crippen molar-refractivity contribution in [2.24, 2.45) is 5.41 Å². The summed E-state index contributed by atoms with van der Waals surface area (Å²) in [5.74, 6) is 1.37. The third kappa shape index (κ3) is 5.07. The maximum absolute atomic E-state index is 13.6. The minimum absolute atomic E-state index is 0.0491. The van der Waals surface area contributed by atoms with Crippen LogP contribution >= 0.6 is 0 Å². The highest BCUT2D eigenvalue weighted by atomic mass is 16.5. The van der Waals surface area contributed by atoms with E-state index in [-0.39, 0.29) is 11.8 Å². The van der Waals surface area contributed by atoms with Gasteiger partial charge < -0.3 is 14.5 Å². The molecule has 0 radical (unpaired) electrons. The van der Waals surface area contributed by atoms with E-state index in [1.54, 1.807) is 0 Å². The van der Waals surface area contributed by atoms with Crippen LogP contribution in [0.4, 0.5) is 0 Å². The summed E-state index contributed by atoms with van der Waals surface area (Å²) in [6.45, 7) is 6.35. The zero-order chi connectivity index (χ0) is 23.4. The van der Waals surface area contributed by atoms with Gasteiger partial charge in [0, 0.05) is 25.8 Å². The quantitative estimate of drug-likeness (QED) is 0.747. The number of carbonyl (C=O) groups is 2. The lowest BCUT2D eigenvalue weighted by Crippen LogP contribution is -2.51. The predicted octanol–water partition coefficient (Wildman–Crippen LogP) is 4.02. The molecule has 178 valence electrons. The van der Waals surface area contributed by atoms with Gasteiger partial charge in [-0.15, -0.1) is 0 Å². The van der Waals surface area contributed by atoms with Crippen molar-refractivity contribution < 1.29 is 14.3 Å². The van der Waals surface area contributed by atoms with Gasteiger partial charge in [0.15, 0.2) is 0 Å². The summed E-state index contributed by atoms with van der Waals surface area (Å²) in [6.07, 6.45) is 5.22. The van der Waals surface area contributed by atoms with Gasteiger partial charge in [0.2, 0.25) is 5.91 Å². The highest BCUT2D eigenvalue weighted by Gasteiger charge is 2.43. The summed E-state index contributed by atoms with van der Waals surface area (Å²) in [4.78, 5) is 30.2. The van der Waals surface area contributed by atoms with Crippen LogP contribution in [0, 0.1) is 5.41 Å².